The van der Waals surface area contributed by atoms with Crippen molar-refractivity contribution in [2.24, 2.45) is 0 Å². The van der Waals surface area contributed by atoms with Gasteiger partial charge in [-0.15, -0.1) is 0 Å². The third-order valence-corrected chi connectivity index (χ3v) is 9.64. The molecule has 1 heterocycles. The van der Waals surface area contributed by atoms with Gasteiger partial charge in [-0.05, 0) is 88.2 Å². The topological polar surface area (TPSA) is 13.1 Å². The molecule has 0 aliphatic rings. The Balaban J connectivity index is 1.38. The average Bonchev–Trinajstić information content (AvgIpc) is 3.50. The van der Waals surface area contributed by atoms with Gasteiger partial charge in [0.05, 0.1) is 0 Å². The Hall–Kier alpha value is -5.92. The van der Waals surface area contributed by atoms with E-state index in [1.54, 1.807) is 0 Å². The summed E-state index contributed by atoms with van der Waals surface area (Å²) in [6.45, 7) is 0. The molecule has 1 heteroatoms. The molecule has 0 unspecified atom stereocenters. The first-order valence-corrected chi connectivity index (χ1v) is 15.5. The largest absolute Gasteiger partial charge is 0.456 e. The van der Waals surface area contributed by atoms with Crippen molar-refractivity contribution in [1.82, 2.24) is 0 Å². The van der Waals surface area contributed by atoms with Gasteiger partial charge >= 0.3 is 0 Å². The minimum absolute atomic E-state index is 0.914. The van der Waals surface area contributed by atoms with Crippen molar-refractivity contribution in [3.05, 3.63) is 158 Å². The lowest BCUT2D eigenvalue weighted by molar-refractivity contribution is 0.669. The zero-order valence-electron chi connectivity index (χ0n) is 24.4. The van der Waals surface area contributed by atoms with Gasteiger partial charge < -0.3 is 4.42 Å². The molecule has 0 N–H and O–H groups in total. The fourth-order valence-electron chi connectivity index (χ4n) is 7.76. The molecular weight excluding hydrogens is 544 g/mol. The molecule has 45 heavy (non-hydrogen) atoms. The van der Waals surface area contributed by atoms with Crippen LogP contribution in [0, 0.1) is 0 Å². The Labute approximate surface area is 259 Å². The summed E-state index contributed by atoms with van der Waals surface area (Å²) in [7, 11) is 0. The highest BCUT2D eigenvalue weighted by molar-refractivity contribution is 6.29. The van der Waals surface area contributed by atoms with E-state index in [2.05, 4.69) is 158 Å². The van der Waals surface area contributed by atoms with Crippen LogP contribution in [0.5, 0.6) is 0 Å². The Kier molecular flexibility index (Phi) is 5.06. The molecule has 0 aliphatic carbocycles. The highest BCUT2D eigenvalue weighted by Gasteiger charge is 2.21. The number of rotatable bonds is 2. The van der Waals surface area contributed by atoms with Crippen LogP contribution in [0.25, 0.3) is 98.1 Å². The van der Waals surface area contributed by atoms with Crippen LogP contribution < -0.4 is 0 Å². The van der Waals surface area contributed by atoms with E-state index in [4.69, 9.17) is 4.42 Å². The second kappa shape index (κ2) is 9.29. The first-order chi connectivity index (χ1) is 22.3. The molecule has 0 bridgehead atoms. The second-order valence-electron chi connectivity index (χ2n) is 12.0. The maximum atomic E-state index is 6.52. The minimum atomic E-state index is 0.914. The number of benzene rings is 9. The Morgan fingerprint density at radius 3 is 1.47 bits per heavy atom. The van der Waals surface area contributed by atoms with Crippen LogP contribution in [0.1, 0.15) is 0 Å². The lowest BCUT2D eigenvalue weighted by atomic mass is 9.83. The van der Waals surface area contributed by atoms with E-state index in [1.165, 1.54) is 86.9 Å². The molecule has 1 aromatic heterocycles. The maximum absolute atomic E-state index is 6.52. The second-order valence-corrected chi connectivity index (χ2v) is 12.0. The summed E-state index contributed by atoms with van der Waals surface area (Å²) in [5.74, 6) is 0. The van der Waals surface area contributed by atoms with Crippen molar-refractivity contribution < 1.29 is 4.42 Å². The third-order valence-electron chi connectivity index (χ3n) is 9.64. The first kappa shape index (κ1) is 24.5. The fraction of sp³-hybridized carbons (Fsp3) is 0. The lowest BCUT2D eigenvalue weighted by Gasteiger charge is -2.19. The quantitative estimate of drug-likeness (QED) is 0.149. The molecule has 0 atom stereocenters. The lowest BCUT2D eigenvalue weighted by Crippen LogP contribution is -1.92. The van der Waals surface area contributed by atoms with Crippen molar-refractivity contribution in [3.8, 4) is 22.3 Å². The highest BCUT2D eigenvalue weighted by Crippen LogP contribution is 2.48. The van der Waals surface area contributed by atoms with Gasteiger partial charge in [0, 0.05) is 10.8 Å². The molecule has 0 spiro atoms. The van der Waals surface area contributed by atoms with Crippen LogP contribution in [0.3, 0.4) is 0 Å². The van der Waals surface area contributed by atoms with Crippen molar-refractivity contribution in [2.45, 2.75) is 0 Å². The van der Waals surface area contributed by atoms with E-state index in [1.807, 2.05) is 0 Å². The van der Waals surface area contributed by atoms with Crippen molar-refractivity contribution >= 4 is 75.8 Å². The van der Waals surface area contributed by atoms with Gasteiger partial charge in [0.2, 0.25) is 0 Å². The molecule has 9 aromatic carbocycles. The first-order valence-electron chi connectivity index (χ1n) is 15.5. The van der Waals surface area contributed by atoms with E-state index in [0.29, 0.717) is 0 Å². The molecular formula is C44H26O. The zero-order valence-corrected chi connectivity index (χ0v) is 24.4. The number of hydrogen-bond acceptors (Lipinski definition) is 1. The predicted octanol–water partition coefficient (Wildman–Crippen LogP) is 12.7. The van der Waals surface area contributed by atoms with Gasteiger partial charge in [-0.1, -0.05) is 146 Å². The summed E-state index contributed by atoms with van der Waals surface area (Å²) in [6.07, 6.45) is 0. The summed E-state index contributed by atoms with van der Waals surface area (Å²) in [6, 6.07) is 57.3. The van der Waals surface area contributed by atoms with Crippen molar-refractivity contribution in [1.29, 1.82) is 0 Å². The van der Waals surface area contributed by atoms with Gasteiger partial charge in [-0.25, -0.2) is 0 Å². The van der Waals surface area contributed by atoms with Crippen LogP contribution in [0.15, 0.2) is 162 Å². The molecule has 1 nitrogen and oxygen atoms in total. The number of hydrogen-bond donors (Lipinski definition) is 0. The number of fused-ring (bicyclic) bond motifs is 10. The smallest absolute Gasteiger partial charge is 0.136 e. The van der Waals surface area contributed by atoms with Crippen LogP contribution in [-0.4, -0.2) is 0 Å². The normalized spacial score (nSPS) is 12.0. The summed E-state index contributed by atoms with van der Waals surface area (Å²) < 4.78 is 6.52. The molecule has 10 aromatic rings. The summed E-state index contributed by atoms with van der Waals surface area (Å²) in [4.78, 5) is 0. The van der Waals surface area contributed by atoms with Gasteiger partial charge in [-0.3, -0.25) is 0 Å². The van der Waals surface area contributed by atoms with Gasteiger partial charge in [0.1, 0.15) is 11.2 Å². The van der Waals surface area contributed by atoms with E-state index < -0.39 is 0 Å². The van der Waals surface area contributed by atoms with Crippen LogP contribution >= 0.6 is 0 Å². The predicted molar refractivity (Wildman–Crippen MR) is 192 cm³/mol. The van der Waals surface area contributed by atoms with Crippen LogP contribution in [0.2, 0.25) is 0 Å². The molecule has 0 saturated heterocycles. The molecule has 0 radical (unpaired) electrons. The minimum Gasteiger partial charge on any atom is -0.456 e. The maximum Gasteiger partial charge on any atom is 0.136 e. The summed E-state index contributed by atoms with van der Waals surface area (Å²) in [5.41, 5.74) is 6.82. The SMILES string of the molecule is c1ccc2c(c1)ccc1c(-c3c4ccccc4c(-c4cccc5oc6ccc7ccccc7c6c45)c4ccccc34)cccc12. The van der Waals surface area contributed by atoms with E-state index >= 15 is 0 Å². The third kappa shape index (κ3) is 3.44. The molecule has 0 aliphatic heterocycles. The zero-order chi connectivity index (χ0) is 29.5. The standard InChI is InChI=1S/C44H26O/c1-3-13-29-27(11-1)23-25-32-31(29)19-9-20-33(32)41-34-15-5-7-17-36(34)42(37-18-8-6-16-35(37)41)38-21-10-22-39-44(38)43-30-14-4-2-12-28(30)24-26-40(43)45-39/h1-26H. The Bertz CT molecular complexity index is 2760. The van der Waals surface area contributed by atoms with Crippen molar-refractivity contribution in [2.75, 3.05) is 0 Å². The Morgan fingerprint density at radius 2 is 0.756 bits per heavy atom. The summed E-state index contributed by atoms with van der Waals surface area (Å²) in [5, 5.41) is 14.9. The molecule has 10 rings (SSSR count). The molecule has 208 valence electrons. The average molecular weight is 571 g/mol. The highest BCUT2D eigenvalue weighted by atomic mass is 16.3. The fourth-order valence-corrected chi connectivity index (χ4v) is 7.76. The molecule has 0 fully saturated rings. The van der Waals surface area contributed by atoms with Gasteiger partial charge in [0.25, 0.3) is 0 Å². The Morgan fingerprint density at radius 1 is 0.267 bits per heavy atom. The summed E-state index contributed by atoms with van der Waals surface area (Å²) >= 11 is 0. The molecule has 0 saturated carbocycles. The van der Waals surface area contributed by atoms with E-state index in [-0.39, 0.29) is 0 Å². The van der Waals surface area contributed by atoms with Crippen LogP contribution in [-0.2, 0) is 0 Å². The van der Waals surface area contributed by atoms with Crippen molar-refractivity contribution in [3.63, 3.8) is 0 Å². The van der Waals surface area contributed by atoms with Crippen LogP contribution in [0.4, 0.5) is 0 Å². The van der Waals surface area contributed by atoms with Gasteiger partial charge in [-0.2, -0.15) is 0 Å². The monoisotopic (exact) mass is 570 g/mol. The van der Waals surface area contributed by atoms with E-state index in [0.717, 1.165) is 11.2 Å². The number of furan rings is 1. The molecule has 0 amide bonds. The van der Waals surface area contributed by atoms with Gasteiger partial charge in [0.15, 0.2) is 0 Å². The van der Waals surface area contributed by atoms with E-state index in [9.17, 15) is 0 Å².